The molecule has 0 saturated carbocycles. The number of aryl methyl sites for hydroxylation is 2. The zero-order chi connectivity index (χ0) is 13.5. The second-order valence-electron chi connectivity index (χ2n) is 5.73. The van der Waals surface area contributed by atoms with Crippen molar-refractivity contribution in [2.24, 2.45) is 0 Å². The van der Waals surface area contributed by atoms with Crippen LogP contribution in [0.15, 0.2) is 24.4 Å². The molecule has 1 N–H and O–H groups in total. The number of aromatic nitrogens is 1. The fourth-order valence-electron chi connectivity index (χ4n) is 2.77. The highest BCUT2D eigenvalue weighted by molar-refractivity contribution is 5.83. The first-order valence-electron chi connectivity index (χ1n) is 7.88. The SMILES string of the molecule is CCCCCCCCCc1c[nH]c2ccc(C)cc12. The maximum atomic E-state index is 3.38. The van der Waals surface area contributed by atoms with Crippen molar-refractivity contribution in [3.05, 3.63) is 35.5 Å². The van der Waals surface area contributed by atoms with Gasteiger partial charge in [0.15, 0.2) is 0 Å². The molecule has 0 bridgehead atoms. The van der Waals surface area contributed by atoms with Gasteiger partial charge in [-0.25, -0.2) is 0 Å². The Hall–Kier alpha value is -1.24. The van der Waals surface area contributed by atoms with Crippen LogP contribution >= 0.6 is 0 Å². The van der Waals surface area contributed by atoms with Crippen LogP contribution in [0, 0.1) is 6.92 Å². The molecule has 1 aromatic carbocycles. The molecule has 1 nitrogen and oxygen atoms in total. The van der Waals surface area contributed by atoms with E-state index in [0.717, 1.165) is 0 Å². The molecule has 2 rings (SSSR count). The molecule has 104 valence electrons. The van der Waals surface area contributed by atoms with Gasteiger partial charge in [-0.1, -0.05) is 57.1 Å². The van der Waals surface area contributed by atoms with Crippen LogP contribution in [0.3, 0.4) is 0 Å². The predicted molar refractivity (Wildman–Crippen MR) is 84.7 cm³/mol. The highest BCUT2D eigenvalue weighted by atomic mass is 14.7. The molecule has 0 aliphatic carbocycles. The number of benzene rings is 1. The van der Waals surface area contributed by atoms with Gasteiger partial charge in [0.2, 0.25) is 0 Å². The first-order valence-corrected chi connectivity index (χ1v) is 7.88. The molecule has 1 heterocycles. The fraction of sp³-hybridized carbons (Fsp3) is 0.556. The number of rotatable bonds is 8. The van der Waals surface area contributed by atoms with E-state index in [-0.39, 0.29) is 0 Å². The van der Waals surface area contributed by atoms with Crippen LogP contribution in [0.1, 0.15) is 63.0 Å². The van der Waals surface area contributed by atoms with Gasteiger partial charge >= 0.3 is 0 Å². The first kappa shape index (κ1) is 14.2. The minimum Gasteiger partial charge on any atom is -0.361 e. The van der Waals surface area contributed by atoms with Crippen molar-refractivity contribution in [3.8, 4) is 0 Å². The van der Waals surface area contributed by atoms with Crippen LogP contribution in [0.25, 0.3) is 10.9 Å². The van der Waals surface area contributed by atoms with E-state index in [2.05, 4.69) is 43.2 Å². The molecule has 0 aliphatic rings. The Labute approximate surface area is 117 Å². The fourth-order valence-corrected chi connectivity index (χ4v) is 2.77. The minimum absolute atomic E-state index is 1.22. The molecule has 0 unspecified atom stereocenters. The summed E-state index contributed by atoms with van der Waals surface area (Å²) in [6.45, 7) is 4.45. The molecule has 0 atom stereocenters. The highest BCUT2D eigenvalue weighted by Crippen LogP contribution is 2.21. The van der Waals surface area contributed by atoms with E-state index in [0.29, 0.717) is 0 Å². The summed E-state index contributed by atoms with van der Waals surface area (Å²) >= 11 is 0. The smallest absolute Gasteiger partial charge is 0.0456 e. The molecule has 19 heavy (non-hydrogen) atoms. The number of hydrogen-bond acceptors (Lipinski definition) is 0. The molecule has 0 spiro atoms. The van der Waals surface area contributed by atoms with Gasteiger partial charge in [0.05, 0.1) is 0 Å². The number of aromatic amines is 1. The molecule has 0 saturated heterocycles. The van der Waals surface area contributed by atoms with E-state index in [1.807, 2.05) is 0 Å². The first-order chi connectivity index (χ1) is 9.31. The lowest BCUT2D eigenvalue weighted by Crippen LogP contribution is -1.85. The summed E-state index contributed by atoms with van der Waals surface area (Å²) < 4.78 is 0. The van der Waals surface area contributed by atoms with Gasteiger partial charge in [0.25, 0.3) is 0 Å². The van der Waals surface area contributed by atoms with Crippen LogP contribution in [-0.4, -0.2) is 4.98 Å². The molecule has 1 heteroatoms. The summed E-state index contributed by atoms with van der Waals surface area (Å²) in [6.07, 6.45) is 13.1. The highest BCUT2D eigenvalue weighted by Gasteiger charge is 2.03. The average Bonchev–Trinajstić information content (AvgIpc) is 2.80. The summed E-state index contributed by atoms with van der Waals surface area (Å²) in [5.41, 5.74) is 4.13. The summed E-state index contributed by atoms with van der Waals surface area (Å²) in [6, 6.07) is 6.68. The van der Waals surface area contributed by atoms with E-state index in [9.17, 15) is 0 Å². The molecule has 0 amide bonds. The number of unbranched alkanes of at least 4 members (excludes halogenated alkanes) is 6. The second kappa shape index (κ2) is 7.37. The van der Waals surface area contributed by atoms with Crippen LogP contribution in [0.5, 0.6) is 0 Å². The third kappa shape index (κ3) is 4.12. The van der Waals surface area contributed by atoms with Crippen molar-refractivity contribution < 1.29 is 0 Å². The van der Waals surface area contributed by atoms with Crippen molar-refractivity contribution in [3.63, 3.8) is 0 Å². The van der Waals surface area contributed by atoms with Crippen molar-refractivity contribution in [2.75, 3.05) is 0 Å². The summed E-state index contributed by atoms with van der Waals surface area (Å²) in [7, 11) is 0. The van der Waals surface area contributed by atoms with Gasteiger partial charge in [-0.15, -0.1) is 0 Å². The van der Waals surface area contributed by atoms with E-state index in [1.165, 1.54) is 73.4 Å². The largest absolute Gasteiger partial charge is 0.361 e. The molecule has 0 radical (unpaired) electrons. The summed E-state index contributed by atoms with van der Waals surface area (Å²) in [5, 5.41) is 1.42. The van der Waals surface area contributed by atoms with E-state index >= 15 is 0 Å². The molecule has 1 aromatic heterocycles. The maximum Gasteiger partial charge on any atom is 0.0456 e. The van der Waals surface area contributed by atoms with Crippen molar-refractivity contribution in [1.82, 2.24) is 4.98 Å². The van der Waals surface area contributed by atoms with Gasteiger partial charge in [0.1, 0.15) is 0 Å². The van der Waals surface area contributed by atoms with Crippen molar-refractivity contribution in [1.29, 1.82) is 0 Å². The maximum absolute atomic E-state index is 3.38. The molecular weight excluding hydrogens is 230 g/mol. The second-order valence-corrected chi connectivity index (χ2v) is 5.73. The predicted octanol–water partition coefficient (Wildman–Crippen LogP) is 5.77. The number of nitrogens with one attached hydrogen (secondary N) is 1. The molecular formula is C18H27N. The normalized spacial score (nSPS) is 11.3. The quantitative estimate of drug-likeness (QED) is 0.578. The zero-order valence-corrected chi connectivity index (χ0v) is 12.5. The van der Waals surface area contributed by atoms with Gasteiger partial charge in [-0.05, 0) is 37.5 Å². The lowest BCUT2D eigenvalue weighted by Gasteiger charge is -2.02. The Morgan fingerprint density at radius 3 is 2.47 bits per heavy atom. The van der Waals surface area contributed by atoms with Crippen LogP contribution < -0.4 is 0 Å². The summed E-state index contributed by atoms with van der Waals surface area (Å²) in [4.78, 5) is 3.38. The van der Waals surface area contributed by atoms with Crippen LogP contribution in [-0.2, 0) is 6.42 Å². The Balaban J connectivity index is 1.77. The minimum atomic E-state index is 1.22. The lowest BCUT2D eigenvalue weighted by atomic mass is 10.0. The van der Waals surface area contributed by atoms with Crippen LogP contribution in [0.2, 0.25) is 0 Å². The van der Waals surface area contributed by atoms with Gasteiger partial charge in [-0.3, -0.25) is 0 Å². The molecule has 2 aromatic rings. The Bertz CT molecular complexity index is 495. The Morgan fingerprint density at radius 2 is 1.68 bits per heavy atom. The monoisotopic (exact) mass is 257 g/mol. The third-order valence-corrected chi connectivity index (χ3v) is 3.97. The van der Waals surface area contributed by atoms with Gasteiger partial charge < -0.3 is 4.98 Å². The summed E-state index contributed by atoms with van der Waals surface area (Å²) in [5.74, 6) is 0. The van der Waals surface area contributed by atoms with E-state index in [1.54, 1.807) is 0 Å². The standard InChI is InChI=1S/C18H27N/c1-3-4-5-6-7-8-9-10-16-14-19-18-12-11-15(2)13-17(16)18/h11-14,19H,3-10H2,1-2H3. The average molecular weight is 257 g/mol. The Kier molecular flexibility index (Phi) is 5.50. The molecule has 0 fully saturated rings. The third-order valence-electron chi connectivity index (χ3n) is 3.97. The number of fused-ring (bicyclic) bond motifs is 1. The number of hydrogen-bond donors (Lipinski definition) is 1. The number of H-pyrrole nitrogens is 1. The van der Waals surface area contributed by atoms with Gasteiger partial charge in [-0.2, -0.15) is 0 Å². The van der Waals surface area contributed by atoms with Crippen molar-refractivity contribution in [2.45, 2.75) is 65.2 Å². The van der Waals surface area contributed by atoms with Crippen LogP contribution in [0.4, 0.5) is 0 Å². The lowest BCUT2D eigenvalue weighted by molar-refractivity contribution is 0.590. The van der Waals surface area contributed by atoms with E-state index < -0.39 is 0 Å². The topological polar surface area (TPSA) is 15.8 Å². The Morgan fingerprint density at radius 1 is 0.947 bits per heavy atom. The molecule has 0 aliphatic heterocycles. The van der Waals surface area contributed by atoms with Crippen molar-refractivity contribution >= 4 is 10.9 Å². The van der Waals surface area contributed by atoms with E-state index in [4.69, 9.17) is 0 Å². The van der Waals surface area contributed by atoms with Gasteiger partial charge in [0, 0.05) is 17.1 Å². The zero-order valence-electron chi connectivity index (χ0n) is 12.5.